The predicted molar refractivity (Wildman–Crippen MR) is 131 cm³/mol. The van der Waals surface area contributed by atoms with Crippen molar-refractivity contribution in [3.8, 4) is 0 Å². The van der Waals surface area contributed by atoms with Gasteiger partial charge in [0.2, 0.25) is 10.0 Å². The number of nitrogens with zero attached hydrogens (tertiary/aromatic N) is 1. The second kappa shape index (κ2) is 8.64. The molecule has 1 aliphatic carbocycles. The molecule has 0 amide bonds. The zero-order valence-corrected chi connectivity index (χ0v) is 20.9. The monoisotopic (exact) mass is 517 g/mol. The van der Waals surface area contributed by atoms with Gasteiger partial charge in [-0.2, -0.15) is 4.31 Å². The molecule has 1 aromatic heterocycles. The molecule has 2 atom stereocenters. The molecule has 36 heavy (non-hydrogen) atoms. The van der Waals surface area contributed by atoms with Crippen molar-refractivity contribution in [3.63, 3.8) is 0 Å². The SMILES string of the molecule is C[C@H]1CC[C@H](c2ccccc2)S(=O)(=O)N1Cc1cc(F)c(C2(c3c[nH]c(=O)[nH]3)CC(C)(O)C2)cc1F. The fourth-order valence-corrected chi connectivity index (χ4v) is 8.15. The highest BCUT2D eigenvalue weighted by molar-refractivity contribution is 7.89. The van der Waals surface area contributed by atoms with Gasteiger partial charge in [-0.1, -0.05) is 30.3 Å². The maximum atomic E-state index is 15.6. The first-order chi connectivity index (χ1) is 16.9. The summed E-state index contributed by atoms with van der Waals surface area (Å²) in [5, 5.41) is 9.68. The molecular weight excluding hydrogens is 488 g/mol. The van der Waals surface area contributed by atoms with E-state index in [1.807, 2.05) is 6.07 Å². The van der Waals surface area contributed by atoms with Gasteiger partial charge in [-0.25, -0.2) is 22.0 Å². The number of aromatic nitrogens is 2. The highest BCUT2D eigenvalue weighted by atomic mass is 32.2. The smallest absolute Gasteiger partial charge is 0.323 e. The molecule has 2 aromatic carbocycles. The van der Waals surface area contributed by atoms with Gasteiger partial charge >= 0.3 is 5.69 Å². The van der Waals surface area contributed by atoms with Crippen LogP contribution >= 0.6 is 0 Å². The normalized spacial score (nSPS) is 30.1. The lowest BCUT2D eigenvalue weighted by Crippen LogP contribution is -2.54. The van der Waals surface area contributed by atoms with Crippen molar-refractivity contribution in [1.29, 1.82) is 0 Å². The molecule has 5 rings (SSSR count). The van der Waals surface area contributed by atoms with E-state index in [1.54, 1.807) is 38.1 Å². The van der Waals surface area contributed by atoms with Crippen molar-refractivity contribution in [1.82, 2.24) is 14.3 Å². The van der Waals surface area contributed by atoms with E-state index in [0.717, 1.165) is 12.1 Å². The zero-order valence-electron chi connectivity index (χ0n) is 20.1. The van der Waals surface area contributed by atoms with Crippen molar-refractivity contribution in [2.45, 2.75) is 68.4 Å². The van der Waals surface area contributed by atoms with Gasteiger partial charge in [0.25, 0.3) is 0 Å². The quantitative estimate of drug-likeness (QED) is 0.478. The lowest BCUT2D eigenvalue weighted by atomic mass is 9.55. The Labute approximate surface area is 208 Å². The summed E-state index contributed by atoms with van der Waals surface area (Å²) < 4.78 is 59.3. The van der Waals surface area contributed by atoms with E-state index in [9.17, 15) is 18.3 Å². The first kappa shape index (κ1) is 24.9. The zero-order chi connectivity index (χ0) is 25.9. The maximum Gasteiger partial charge on any atom is 0.323 e. The van der Waals surface area contributed by atoms with Crippen molar-refractivity contribution >= 4 is 10.0 Å². The molecule has 1 saturated heterocycles. The number of nitrogens with one attached hydrogen (secondary N) is 2. The predicted octanol–water partition coefficient (Wildman–Crippen LogP) is 3.87. The third-order valence-electron chi connectivity index (χ3n) is 7.65. The van der Waals surface area contributed by atoms with Crippen molar-refractivity contribution in [2.24, 2.45) is 0 Å². The Morgan fingerprint density at radius 3 is 2.42 bits per heavy atom. The average Bonchev–Trinajstić information content (AvgIpc) is 3.23. The van der Waals surface area contributed by atoms with Crippen LogP contribution in [0.2, 0.25) is 0 Å². The summed E-state index contributed by atoms with van der Waals surface area (Å²) in [5.74, 6) is -1.45. The van der Waals surface area contributed by atoms with E-state index in [1.165, 1.54) is 10.5 Å². The van der Waals surface area contributed by atoms with Crippen LogP contribution in [0.25, 0.3) is 0 Å². The fraction of sp³-hybridized carbons (Fsp3) is 0.423. The maximum absolute atomic E-state index is 15.6. The Morgan fingerprint density at radius 2 is 1.81 bits per heavy atom. The van der Waals surface area contributed by atoms with Gasteiger partial charge in [-0.15, -0.1) is 0 Å². The Bertz CT molecular complexity index is 1440. The number of imidazole rings is 1. The highest BCUT2D eigenvalue weighted by Crippen LogP contribution is 2.54. The molecule has 2 aliphatic rings. The summed E-state index contributed by atoms with van der Waals surface area (Å²) in [7, 11) is -3.81. The summed E-state index contributed by atoms with van der Waals surface area (Å²) in [6.45, 7) is 3.08. The van der Waals surface area contributed by atoms with Crippen LogP contribution in [-0.2, 0) is 22.0 Å². The molecule has 2 heterocycles. The molecule has 1 saturated carbocycles. The van der Waals surface area contributed by atoms with E-state index in [-0.39, 0.29) is 36.6 Å². The third kappa shape index (κ3) is 4.10. The van der Waals surface area contributed by atoms with Gasteiger partial charge in [0.1, 0.15) is 16.9 Å². The van der Waals surface area contributed by atoms with E-state index in [2.05, 4.69) is 9.97 Å². The van der Waals surface area contributed by atoms with Gasteiger partial charge in [0.15, 0.2) is 0 Å². The van der Waals surface area contributed by atoms with Crippen LogP contribution in [0.4, 0.5) is 8.78 Å². The summed E-state index contributed by atoms with van der Waals surface area (Å²) in [4.78, 5) is 16.8. The molecule has 192 valence electrons. The van der Waals surface area contributed by atoms with Gasteiger partial charge in [-0.3, -0.25) is 0 Å². The largest absolute Gasteiger partial charge is 0.390 e. The summed E-state index contributed by atoms with van der Waals surface area (Å²) in [6.07, 6.45) is 2.66. The van der Waals surface area contributed by atoms with Crippen LogP contribution in [0.15, 0.2) is 53.5 Å². The Morgan fingerprint density at radius 1 is 1.11 bits per heavy atom. The number of hydrogen-bond acceptors (Lipinski definition) is 4. The number of H-pyrrole nitrogens is 2. The number of aliphatic hydroxyl groups is 1. The van der Waals surface area contributed by atoms with Crippen LogP contribution in [-0.4, -0.2) is 39.4 Å². The first-order valence-electron chi connectivity index (χ1n) is 12.0. The summed E-state index contributed by atoms with van der Waals surface area (Å²) in [6, 6.07) is 10.7. The Balaban J connectivity index is 1.49. The average molecular weight is 518 g/mol. The van der Waals surface area contributed by atoms with Crippen LogP contribution in [0.5, 0.6) is 0 Å². The fourth-order valence-electron chi connectivity index (χ4n) is 5.96. The minimum Gasteiger partial charge on any atom is -0.390 e. The van der Waals surface area contributed by atoms with Crippen LogP contribution in [0, 0.1) is 11.6 Å². The van der Waals surface area contributed by atoms with Crippen LogP contribution in [0.3, 0.4) is 0 Å². The third-order valence-corrected chi connectivity index (χ3v) is 10.0. The summed E-state index contributed by atoms with van der Waals surface area (Å²) >= 11 is 0. The number of benzene rings is 2. The van der Waals surface area contributed by atoms with E-state index in [0.29, 0.717) is 24.1 Å². The minimum absolute atomic E-state index is 0.0160. The molecule has 2 fully saturated rings. The molecule has 3 N–H and O–H groups in total. The lowest BCUT2D eigenvalue weighted by Gasteiger charge is -2.51. The first-order valence-corrected chi connectivity index (χ1v) is 13.5. The molecule has 1 aliphatic heterocycles. The molecular formula is C26H29F2N3O4S. The van der Waals surface area contributed by atoms with E-state index >= 15 is 8.78 Å². The standard InChI is InChI=1S/C26H29F2N3O4S/c1-16-8-9-22(17-6-4-3-5-7-17)36(34,35)31(16)13-18-10-21(28)19(11-20(18)27)26(14-25(2,33)15-26)23-12-29-24(32)30-23/h3-7,10-12,16,22,33H,8-9,13-15H2,1-2H3,(H2,29,30,32)/t16-,22+,25?,26?/m0/s1. The van der Waals surface area contributed by atoms with Crippen LogP contribution < -0.4 is 5.69 Å². The second-order valence-electron chi connectivity index (χ2n) is 10.4. The molecule has 0 radical (unpaired) electrons. The van der Waals surface area contributed by atoms with Gasteiger partial charge in [0, 0.05) is 41.0 Å². The Hall–Kier alpha value is -2.82. The van der Waals surface area contributed by atoms with Crippen molar-refractivity contribution in [2.75, 3.05) is 0 Å². The number of aromatic amines is 2. The summed E-state index contributed by atoms with van der Waals surface area (Å²) in [5.41, 5.74) is -1.69. The lowest BCUT2D eigenvalue weighted by molar-refractivity contribution is -0.0633. The molecule has 7 nitrogen and oxygen atoms in total. The minimum atomic E-state index is -3.81. The Kier molecular flexibility index (Phi) is 5.96. The molecule has 0 bridgehead atoms. The van der Waals surface area contributed by atoms with Crippen molar-refractivity contribution in [3.05, 3.63) is 93.2 Å². The number of sulfonamides is 1. The van der Waals surface area contributed by atoms with Gasteiger partial charge < -0.3 is 15.1 Å². The molecule has 0 unspecified atom stereocenters. The van der Waals surface area contributed by atoms with Gasteiger partial charge in [-0.05, 0) is 57.2 Å². The molecule has 10 heteroatoms. The number of rotatable bonds is 5. The van der Waals surface area contributed by atoms with Crippen LogP contribution in [0.1, 0.15) is 67.2 Å². The number of halogens is 2. The molecule has 0 spiro atoms. The molecule has 3 aromatic rings. The van der Waals surface area contributed by atoms with Crippen molar-refractivity contribution < 1.29 is 22.3 Å². The van der Waals surface area contributed by atoms with Gasteiger partial charge in [0.05, 0.1) is 5.60 Å². The second-order valence-corrected chi connectivity index (χ2v) is 12.5. The van der Waals surface area contributed by atoms with E-state index < -0.39 is 43.6 Å². The van der Waals surface area contributed by atoms with E-state index in [4.69, 9.17) is 0 Å². The topological polar surface area (TPSA) is 106 Å². The number of hydrogen-bond donors (Lipinski definition) is 3. The highest BCUT2D eigenvalue weighted by Gasteiger charge is 2.55.